The predicted molar refractivity (Wildman–Crippen MR) is 102 cm³/mol. The van der Waals surface area contributed by atoms with Gasteiger partial charge in [0.25, 0.3) is 5.91 Å². The van der Waals surface area contributed by atoms with Crippen LogP contribution >= 0.6 is 15.9 Å². The van der Waals surface area contributed by atoms with E-state index in [1.54, 1.807) is 25.1 Å². The Morgan fingerprint density at radius 1 is 1.24 bits per heavy atom. The number of hydrogen-bond donors (Lipinski definition) is 1. The third kappa shape index (κ3) is 3.30. The van der Waals surface area contributed by atoms with E-state index in [4.69, 9.17) is 4.74 Å². The van der Waals surface area contributed by atoms with Crippen molar-refractivity contribution < 1.29 is 14.6 Å². The Morgan fingerprint density at radius 3 is 2.68 bits per heavy atom. The summed E-state index contributed by atoms with van der Waals surface area (Å²) in [5.74, 6) is 0.164. The Balaban J connectivity index is 1.99. The molecule has 5 nitrogen and oxygen atoms in total. The van der Waals surface area contributed by atoms with E-state index in [1.165, 1.54) is 12.1 Å². The molecule has 3 rings (SSSR count). The quantitative estimate of drug-likeness (QED) is 0.782. The van der Waals surface area contributed by atoms with Crippen LogP contribution in [0.3, 0.4) is 0 Å². The highest BCUT2D eigenvalue weighted by Gasteiger charge is 2.28. The minimum atomic E-state index is -0.189. The molecule has 0 aliphatic carbocycles. The van der Waals surface area contributed by atoms with Crippen LogP contribution in [0.15, 0.2) is 51.5 Å². The lowest BCUT2D eigenvalue weighted by Crippen LogP contribution is -2.21. The van der Waals surface area contributed by atoms with Crippen LogP contribution < -0.4 is 9.75 Å². The second-order valence-electron chi connectivity index (χ2n) is 5.75. The Kier molecular flexibility index (Phi) is 4.63. The zero-order valence-corrected chi connectivity index (χ0v) is 15.7. The van der Waals surface area contributed by atoms with Gasteiger partial charge in [0.15, 0.2) is 11.5 Å². The number of rotatable bonds is 3. The average Bonchev–Trinajstić information content (AvgIpc) is 2.86. The maximum absolute atomic E-state index is 12.8. The summed E-state index contributed by atoms with van der Waals surface area (Å²) in [6.07, 6.45) is 1.74. The molecule has 0 spiro atoms. The molecule has 0 aromatic heterocycles. The maximum atomic E-state index is 12.8. The van der Waals surface area contributed by atoms with Gasteiger partial charge in [-0.1, -0.05) is 12.1 Å². The maximum Gasteiger partial charge on any atom is 0.280 e. The van der Waals surface area contributed by atoms with Crippen LogP contribution in [-0.4, -0.2) is 23.8 Å². The average molecular weight is 401 g/mol. The summed E-state index contributed by atoms with van der Waals surface area (Å²) in [6.45, 7) is 3.77. The number of methoxy groups -OCH3 is 1. The van der Waals surface area contributed by atoms with Crippen molar-refractivity contribution in [1.82, 2.24) is 0 Å². The van der Waals surface area contributed by atoms with Crippen molar-refractivity contribution in [3.63, 3.8) is 0 Å². The number of ether oxygens (including phenoxy) is 1. The predicted octanol–water partition coefficient (Wildman–Crippen LogP) is 4.28. The van der Waals surface area contributed by atoms with Crippen LogP contribution in [0.5, 0.6) is 11.5 Å². The van der Waals surface area contributed by atoms with Gasteiger partial charge in [-0.2, -0.15) is 10.1 Å². The summed E-state index contributed by atoms with van der Waals surface area (Å²) in [5, 5.41) is 15.7. The molecule has 0 atom stereocenters. The number of aromatic hydroxyl groups is 1. The van der Waals surface area contributed by atoms with Crippen LogP contribution in [0.25, 0.3) is 6.08 Å². The first-order valence-electron chi connectivity index (χ1n) is 7.65. The number of hydrazone groups is 1. The first-order valence-corrected chi connectivity index (χ1v) is 8.45. The molecule has 0 bridgehead atoms. The number of anilines is 1. The number of hydrogen-bond acceptors (Lipinski definition) is 4. The van der Waals surface area contributed by atoms with E-state index in [1.807, 2.05) is 31.2 Å². The summed E-state index contributed by atoms with van der Waals surface area (Å²) < 4.78 is 5.65. The molecule has 2 aromatic carbocycles. The molecule has 1 N–H and O–H groups in total. The van der Waals surface area contributed by atoms with E-state index in [9.17, 15) is 9.90 Å². The smallest absolute Gasteiger partial charge is 0.280 e. The summed E-state index contributed by atoms with van der Waals surface area (Å²) in [6, 6.07) is 11.0. The topological polar surface area (TPSA) is 62.1 Å². The molecule has 6 heteroatoms. The van der Waals surface area contributed by atoms with Gasteiger partial charge >= 0.3 is 0 Å². The molecule has 0 unspecified atom stereocenters. The normalized spacial score (nSPS) is 15.7. The second kappa shape index (κ2) is 6.72. The largest absolute Gasteiger partial charge is 0.503 e. The Morgan fingerprint density at radius 2 is 2.00 bits per heavy atom. The zero-order chi connectivity index (χ0) is 18.1. The van der Waals surface area contributed by atoms with Crippen molar-refractivity contribution >= 4 is 39.3 Å². The van der Waals surface area contributed by atoms with Crippen LogP contribution in [0, 0.1) is 6.92 Å². The molecule has 2 aromatic rings. The number of aryl methyl sites for hydroxylation is 1. The molecular formula is C19H17BrN2O3. The lowest BCUT2D eigenvalue weighted by atomic mass is 10.1. The van der Waals surface area contributed by atoms with E-state index in [0.29, 0.717) is 21.5 Å². The number of nitrogens with zero attached hydrogens (tertiary/aromatic N) is 2. The first-order chi connectivity index (χ1) is 11.9. The number of phenolic OH excluding ortho intramolecular Hbond substituents is 1. The van der Waals surface area contributed by atoms with E-state index in [2.05, 4.69) is 21.0 Å². The summed E-state index contributed by atoms with van der Waals surface area (Å²) in [5.41, 5.74) is 3.65. The van der Waals surface area contributed by atoms with E-state index in [0.717, 1.165) is 16.8 Å². The van der Waals surface area contributed by atoms with Crippen molar-refractivity contribution in [2.24, 2.45) is 5.10 Å². The number of benzene rings is 2. The Hall–Kier alpha value is -2.60. The highest BCUT2D eigenvalue weighted by atomic mass is 79.9. The molecular weight excluding hydrogens is 384 g/mol. The molecule has 1 aliphatic rings. The van der Waals surface area contributed by atoms with Crippen LogP contribution in [0.4, 0.5) is 5.69 Å². The van der Waals surface area contributed by atoms with Gasteiger partial charge in [0, 0.05) is 0 Å². The molecule has 0 saturated heterocycles. The second-order valence-corrected chi connectivity index (χ2v) is 6.61. The van der Waals surface area contributed by atoms with E-state index in [-0.39, 0.29) is 11.7 Å². The lowest BCUT2D eigenvalue weighted by molar-refractivity contribution is -0.114. The molecule has 0 fully saturated rings. The minimum Gasteiger partial charge on any atom is -0.503 e. The number of amides is 1. The standard InChI is InChI=1S/C19H17BrN2O3/c1-11-5-4-6-14(7-11)22-19(24)15(12(2)21-22)8-13-9-16(20)18(23)17(10-13)25-3/h4-10,23H,1-3H3. The molecule has 1 amide bonds. The van der Waals surface area contributed by atoms with Crippen molar-refractivity contribution in [3.8, 4) is 11.5 Å². The van der Waals surface area contributed by atoms with Gasteiger partial charge in [-0.05, 0) is 71.2 Å². The van der Waals surface area contributed by atoms with Gasteiger partial charge in [0.2, 0.25) is 0 Å². The fourth-order valence-electron chi connectivity index (χ4n) is 2.62. The van der Waals surface area contributed by atoms with Gasteiger partial charge in [-0.15, -0.1) is 0 Å². The highest BCUT2D eigenvalue weighted by molar-refractivity contribution is 9.10. The Bertz CT molecular complexity index is 919. The summed E-state index contributed by atoms with van der Waals surface area (Å²) >= 11 is 3.29. The van der Waals surface area contributed by atoms with Crippen molar-refractivity contribution in [3.05, 3.63) is 57.6 Å². The van der Waals surface area contributed by atoms with Gasteiger partial charge in [0.05, 0.1) is 28.6 Å². The third-order valence-electron chi connectivity index (χ3n) is 3.89. The number of carbonyl (C=O) groups excluding carboxylic acids is 1. The van der Waals surface area contributed by atoms with Crippen molar-refractivity contribution in [2.75, 3.05) is 12.1 Å². The van der Waals surface area contributed by atoms with Gasteiger partial charge < -0.3 is 9.84 Å². The number of carbonyl (C=O) groups is 1. The summed E-state index contributed by atoms with van der Waals surface area (Å²) in [7, 11) is 1.48. The monoisotopic (exact) mass is 400 g/mol. The van der Waals surface area contributed by atoms with Crippen molar-refractivity contribution in [2.45, 2.75) is 13.8 Å². The van der Waals surface area contributed by atoms with E-state index >= 15 is 0 Å². The fourth-order valence-corrected chi connectivity index (χ4v) is 3.08. The molecule has 128 valence electrons. The van der Waals surface area contributed by atoms with Crippen molar-refractivity contribution in [1.29, 1.82) is 0 Å². The van der Waals surface area contributed by atoms with Crippen LogP contribution in [-0.2, 0) is 4.79 Å². The third-order valence-corrected chi connectivity index (χ3v) is 4.49. The minimum absolute atomic E-state index is 0.0224. The Labute approximate surface area is 154 Å². The SMILES string of the molecule is COc1cc(C=C2C(=O)N(c3cccc(C)c3)N=C2C)cc(Br)c1O. The fraction of sp³-hybridized carbons (Fsp3) is 0.158. The van der Waals surface area contributed by atoms with Crippen LogP contribution in [0.2, 0.25) is 0 Å². The first kappa shape index (κ1) is 17.2. The zero-order valence-electron chi connectivity index (χ0n) is 14.1. The molecule has 1 heterocycles. The van der Waals surface area contributed by atoms with Crippen LogP contribution in [0.1, 0.15) is 18.1 Å². The van der Waals surface area contributed by atoms with Gasteiger partial charge in [-0.3, -0.25) is 4.79 Å². The summed E-state index contributed by atoms with van der Waals surface area (Å²) in [4.78, 5) is 12.8. The van der Waals surface area contributed by atoms with E-state index < -0.39 is 0 Å². The highest BCUT2D eigenvalue weighted by Crippen LogP contribution is 2.36. The number of halogens is 1. The molecule has 25 heavy (non-hydrogen) atoms. The molecule has 1 aliphatic heterocycles. The van der Waals surface area contributed by atoms with Gasteiger partial charge in [0.1, 0.15) is 0 Å². The molecule has 0 saturated carbocycles. The number of phenols is 1. The lowest BCUT2D eigenvalue weighted by Gasteiger charge is -2.12. The van der Waals surface area contributed by atoms with Gasteiger partial charge in [-0.25, -0.2) is 0 Å². The molecule has 0 radical (unpaired) electrons.